The molecule has 1 aliphatic heterocycles. The van der Waals surface area contributed by atoms with E-state index in [4.69, 9.17) is 15.0 Å². The number of morpholine rings is 1. The fraction of sp³-hybridized carbons (Fsp3) is 0.556. The molecule has 0 radical (unpaired) electrons. The molecular formula is C18H25ClN4O4S. The largest absolute Gasteiger partial charge is 0.373 e. The average molecular weight is 429 g/mol. The van der Waals surface area contributed by atoms with Gasteiger partial charge in [-0.1, -0.05) is 5.16 Å². The fourth-order valence-electron chi connectivity index (χ4n) is 3.57. The van der Waals surface area contributed by atoms with Crippen molar-refractivity contribution in [3.05, 3.63) is 30.1 Å². The van der Waals surface area contributed by atoms with Gasteiger partial charge in [0.2, 0.25) is 10.0 Å². The van der Waals surface area contributed by atoms with E-state index < -0.39 is 15.6 Å². The highest BCUT2D eigenvalue weighted by molar-refractivity contribution is 7.89. The maximum Gasteiger partial charge on any atom is 0.257 e. The summed E-state index contributed by atoms with van der Waals surface area (Å²) >= 11 is 0. The van der Waals surface area contributed by atoms with Crippen LogP contribution in [-0.2, 0) is 20.3 Å². The van der Waals surface area contributed by atoms with Crippen LogP contribution in [0.2, 0.25) is 0 Å². The SMILES string of the molecule is CC1CN(S(=O)(=O)c2ccc(-c3nc(C4(N)CCC4)no3)cc2)CC(C)O1.Cl. The summed E-state index contributed by atoms with van der Waals surface area (Å²) in [6, 6.07) is 6.50. The number of aromatic nitrogens is 2. The summed E-state index contributed by atoms with van der Waals surface area (Å²) in [5.41, 5.74) is 6.40. The number of rotatable bonds is 4. The Bertz CT molecular complexity index is 917. The lowest BCUT2D eigenvalue weighted by atomic mass is 9.77. The van der Waals surface area contributed by atoms with Crippen molar-refractivity contribution in [1.29, 1.82) is 0 Å². The quantitative estimate of drug-likeness (QED) is 0.794. The lowest BCUT2D eigenvalue weighted by Crippen LogP contribution is -2.48. The van der Waals surface area contributed by atoms with E-state index in [1.165, 1.54) is 4.31 Å². The minimum absolute atomic E-state index is 0. The van der Waals surface area contributed by atoms with E-state index in [9.17, 15) is 8.42 Å². The Balaban J connectivity index is 0.00000225. The van der Waals surface area contributed by atoms with Crippen LogP contribution in [0.1, 0.15) is 38.9 Å². The highest BCUT2D eigenvalue weighted by Crippen LogP contribution is 2.37. The number of nitrogens with two attached hydrogens (primary N) is 1. The van der Waals surface area contributed by atoms with Gasteiger partial charge in [-0.25, -0.2) is 8.42 Å². The van der Waals surface area contributed by atoms with Crippen molar-refractivity contribution in [1.82, 2.24) is 14.4 Å². The smallest absolute Gasteiger partial charge is 0.257 e. The third-order valence-electron chi connectivity index (χ3n) is 5.24. The van der Waals surface area contributed by atoms with E-state index in [0.717, 1.165) is 19.3 Å². The Morgan fingerprint density at radius 3 is 2.29 bits per heavy atom. The first-order valence-corrected chi connectivity index (χ1v) is 10.6. The topological polar surface area (TPSA) is 112 Å². The number of nitrogens with zero attached hydrogens (tertiary/aromatic N) is 3. The van der Waals surface area contributed by atoms with Crippen LogP contribution in [0.3, 0.4) is 0 Å². The highest BCUT2D eigenvalue weighted by Gasteiger charge is 2.39. The second kappa shape index (κ2) is 7.72. The molecule has 0 amide bonds. The van der Waals surface area contributed by atoms with Crippen LogP contribution in [0.4, 0.5) is 0 Å². The summed E-state index contributed by atoms with van der Waals surface area (Å²) in [7, 11) is -3.57. The van der Waals surface area contributed by atoms with E-state index in [0.29, 0.717) is 30.4 Å². The molecular weight excluding hydrogens is 404 g/mol. The number of hydrogen-bond donors (Lipinski definition) is 1. The second-order valence-corrected chi connectivity index (χ2v) is 9.47. The van der Waals surface area contributed by atoms with Crippen molar-refractivity contribution in [3.63, 3.8) is 0 Å². The molecule has 2 heterocycles. The molecule has 2 atom stereocenters. The number of hydrogen-bond acceptors (Lipinski definition) is 7. The van der Waals surface area contributed by atoms with Gasteiger partial charge in [-0.05, 0) is 57.4 Å². The predicted molar refractivity (Wildman–Crippen MR) is 105 cm³/mol. The molecule has 2 unspecified atom stereocenters. The Morgan fingerprint density at radius 1 is 1.14 bits per heavy atom. The summed E-state index contributed by atoms with van der Waals surface area (Å²) in [5.74, 6) is 0.857. The molecule has 0 bridgehead atoms. The summed E-state index contributed by atoms with van der Waals surface area (Å²) in [6.45, 7) is 4.45. The highest BCUT2D eigenvalue weighted by atomic mass is 35.5. The Labute approximate surface area is 170 Å². The summed E-state index contributed by atoms with van der Waals surface area (Å²) in [5, 5.41) is 4.00. The fourth-order valence-corrected chi connectivity index (χ4v) is 5.16. The molecule has 2 N–H and O–H groups in total. The number of benzene rings is 1. The van der Waals surface area contributed by atoms with Gasteiger partial charge in [0.15, 0.2) is 5.82 Å². The van der Waals surface area contributed by atoms with E-state index in [1.807, 2.05) is 13.8 Å². The number of ether oxygens (including phenoxy) is 1. The molecule has 0 spiro atoms. The van der Waals surface area contributed by atoms with Gasteiger partial charge < -0.3 is 15.0 Å². The molecule has 2 aliphatic rings. The van der Waals surface area contributed by atoms with Crippen molar-refractivity contribution in [3.8, 4) is 11.5 Å². The molecule has 1 saturated carbocycles. The monoisotopic (exact) mass is 428 g/mol. The zero-order chi connectivity index (χ0) is 19.2. The standard InChI is InChI=1S/C18H24N4O4S.ClH/c1-12-10-22(11-13(2)25-12)27(23,24)15-6-4-14(5-7-15)16-20-17(21-26-16)18(19)8-3-9-18;/h4-7,12-13H,3,8-11,19H2,1-2H3;1H. The molecule has 1 aromatic carbocycles. The zero-order valence-electron chi connectivity index (χ0n) is 15.9. The van der Waals surface area contributed by atoms with Gasteiger partial charge in [0.1, 0.15) is 0 Å². The molecule has 2 aromatic rings. The lowest BCUT2D eigenvalue weighted by molar-refractivity contribution is -0.0440. The normalized spacial score (nSPS) is 25.0. The van der Waals surface area contributed by atoms with E-state index >= 15 is 0 Å². The van der Waals surface area contributed by atoms with Gasteiger partial charge in [-0.3, -0.25) is 0 Å². The van der Waals surface area contributed by atoms with Crippen LogP contribution in [0, 0.1) is 0 Å². The van der Waals surface area contributed by atoms with Crippen LogP contribution < -0.4 is 5.73 Å². The van der Waals surface area contributed by atoms with Gasteiger partial charge in [-0.2, -0.15) is 9.29 Å². The maximum atomic E-state index is 12.9. The summed E-state index contributed by atoms with van der Waals surface area (Å²) in [6.07, 6.45) is 2.49. The number of sulfonamides is 1. The van der Waals surface area contributed by atoms with Crippen LogP contribution in [0.25, 0.3) is 11.5 Å². The van der Waals surface area contributed by atoms with Gasteiger partial charge in [0.05, 0.1) is 22.6 Å². The van der Waals surface area contributed by atoms with E-state index in [1.54, 1.807) is 24.3 Å². The third kappa shape index (κ3) is 3.81. The molecule has 10 heteroatoms. The van der Waals surface area contributed by atoms with Crippen LogP contribution in [-0.4, -0.2) is 48.2 Å². The van der Waals surface area contributed by atoms with Gasteiger partial charge in [0, 0.05) is 18.7 Å². The molecule has 2 fully saturated rings. The van der Waals surface area contributed by atoms with Crippen molar-refractivity contribution >= 4 is 22.4 Å². The first kappa shape index (κ1) is 21.2. The average Bonchev–Trinajstić information content (AvgIpc) is 3.09. The molecule has 1 saturated heterocycles. The van der Waals surface area contributed by atoms with Crippen molar-refractivity contribution < 1.29 is 17.7 Å². The van der Waals surface area contributed by atoms with E-state index in [2.05, 4.69) is 10.1 Å². The molecule has 154 valence electrons. The van der Waals surface area contributed by atoms with Gasteiger partial charge >= 0.3 is 0 Å². The van der Waals surface area contributed by atoms with Crippen LogP contribution >= 0.6 is 12.4 Å². The van der Waals surface area contributed by atoms with E-state index in [-0.39, 0.29) is 29.5 Å². The summed E-state index contributed by atoms with van der Waals surface area (Å²) < 4.78 is 38.2. The zero-order valence-corrected chi connectivity index (χ0v) is 17.5. The first-order chi connectivity index (χ1) is 12.8. The maximum absolute atomic E-state index is 12.9. The van der Waals surface area contributed by atoms with Crippen LogP contribution in [0.15, 0.2) is 33.7 Å². The summed E-state index contributed by atoms with van der Waals surface area (Å²) in [4.78, 5) is 4.63. The minimum Gasteiger partial charge on any atom is -0.373 e. The molecule has 1 aromatic heterocycles. The van der Waals surface area contributed by atoms with Crippen LogP contribution in [0.5, 0.6) is 0 Å². The number of halogens is 1. The molecule has 4 rings (SSSR count). The molecule has 28 heavy (non-hydrogen) atoms. The Hall–Kier alpha value is -1.52. The minimum atomic E-state index is -3.57. The predicted octanol–water partition coefficient (Wildman–Crippen LogP) is 2.29. The van der Waals surface area contributed by atoms with Gasteiger partial charge in [0.25, 0.3) is 5.89 Å². The Kier molecular flexibility index (Phi) is 5.84. The van der Waals surface area contributed by atoms with Crippen molar-refractivity contribution in [2.24, 2.45) is 5.73 Å². The molecule has 1 aliphatic carbocycles. The first-order valence-electron chi connectivity index (χ1n) is 9.17. The second-order valence-electron chi connectivity index (χ2n) is 7.54. The lowest BCUT2D eigenvalue weighted by Gasteiger charge is -2.34. The van der Waals surface area contributed by atoms with Crippen molar-refractivity contribution in [2.75, 3.05) is 13.1 Å². The molecule has 8 nitrogen and oxygen atoms in total. The third-order valence-corrected chi connectivity index (χ3v) is 7.09. The van der Waals surface area contributed by atoms with Gasteiger partial charge in [-0.15, -0.1) is 12.4 Å². The van der Waals surface area contributed by atoms with Crippen molar-refractivity contribution in [2.45, 2.75) is 55.8 Å². The Morgan fingerprint density at radius 2 is 1.75 bits per heavy atom.